The average Bonchev–Trinajstić information content (AvgIpc) is 3.20. The van der Waals surface area contributed by atoms with E-state index in [1.54, 1.807) is 41.4 Å². The zero-order valence-corrected chi connectivity index (χ0v) is 18.2. The van der Waals surface area contributed by atoms with E-state index in [1.165, 1.54) is 6.08 Å². The van der Waals surface area contributed by atoms with E-state index >= 15 is 0 Å². The van der Waals surface area contributed by atoms with Gasteiger partial charge in [0.05, 0.1) is 12.5 Å². The van der Waals surface area contributed by atoms with E-state index in [2.05, 4.69) is 36.3 Å². The van der Waals surface area contributed by atoms with Gasteiger partial charge in [-0.1, -0.05) is 0 Å². The van der Waals surface area contributed by atoms with E-state index in [9.17, 15) is 14.4 Å². The number of fused-ring (bicyclic) bond motifs is 1. The maximum Gasteiger partial charge on any atom is 0.326 e. The summed E-state index contributed by atoms with van der Waals surface area (Å²) in [5.74, 6) is 0.129. The van der Waals surface area contributed by atoms with E-state index in [4.69, 9.17) is 0 Å². The summed E-state index contributed by atoms with van der Waals surface area (Å²) >= 11 is 0. The van der Waals surface area contributed by atoms with Crippen molar-refractivity contribution in [1.29, 1.82) is 0 Å². The molecule has 0 radical (unpaired) electrons. The molecule has 4 N–H and O–H groups in total. The SMILES string of the molecule is O=C1NC(=O)/C(=C/c2cnn3c(NC4CC4)cc(NC(=O)c4ccc(-n5ccnc5)cc4)nc23)N1. The van der Waals surface area contributed by atoms with Gasteiger partial charge < -0.3 is 20.5 Å². The summed E-state index contributed by atoms with van der Waals surface area (Å²) in [7, 11) is 0. The van der Waals surface area contributed by atoms with E-state index in [0.717, 1.165) is 18.5 Å². The molecule has 4 aromatic rings. The highest BCUT2D eigenvalue weighted by atomic mass is 16.2. The van der Waals surface area contributed by atoms with Gasteiger partial charge in [-0.05, 0) is 43.2 Å². The number of carbonyl (C=O) groups excluding carboxylic acids is 3. The first kappa shape index (κ1) is 20.6. The lowest BCUT2D eigenvalue weighted by molar-refractivity contribution is -0.115. The van der Waals surface area contributed by atoms with Crippen molar-refractivity contribution in [2.24, 2.45) is 0 Å². The Morgan fingerprint density at radius 2 is 1.97 bits per heavy atom. The second-order valence-corrected chi connectivity index (χ2v) is 8.22. The highest BCUT2D eigenvalue weighted by molar-refractivity contribution is 6.14. The second-order valence-electron chi connectivity index (χ2n) is 8.22. The van der Waals surface area contributed by atoms with Crippen LogP contribution in [0.3, 0.4) is 0 Å². The van der Waals surface area contributed by atoms with Crippen LogP contribution in [0, 0.1) is 0 Å². The molecule has 4 amide bonds. The Labute approximate surface area is 198 Å². The Bertz CT molecular complexity index is 1500. The summed E-state index contributed by atoms with van der Waals surface area (Å²) in [6.45, 7) is 0. The number of nitrogens with one attached hydrogen (secondary N) is 4. The number of benzene rings is 1. The molecule has 1 aliphatic carbocycles. The van der Waals surface area contributed by atoms with Crippen LogP contribution in [0.5, 0.6) is 0 Å². The van der Waals surface area contributed by atoms with E-state index in [0.29, 0.717) is 34.5 Å². The van der Waals surface area contributed by atoms with Crippen molar-refractivity contribution in [3.63, 3.8) is 0 Å². The normalized spacial score (nSPS) is 16.4. The molecule has 1 aliphatic heterocycles. The summed E-state index contributed by atoms with van der Waals surface area (Å²) in [4.78, 5) is 44.9. The molecule has 0 atom stereocenters. The summed E-state index contributed by atoms with van der Waals surface area (Å²) in [5.41, 5.74) is 2.37. The molecule has 1 saturated carbocycles. The minimum atomic E-state index is -0.589. The number of hydrogen-bond acceptors (Lipinski definition) is 7. The van der Waals surface area contributed by atoms with Gasteiger partial charge in [-0.15, -0.1) is 0 Å². The molecule has 2 fully saturated rings. The number of anilines is 2. The molecule has 12 heteroatoms. The van der Waals surface area contributed by atoms with Gasteiger partial charge in [0.2, 0.25) is 0 Å². The molecular weight excluding hydrogens is 450 g/mol. The number of hydrogen-bond donors (Lipinski definition) is 4. The summed E-state index contributed by atoms with van der Waals surface area (Å²) in [6, 6.07) is 8.56. The maximum absolute atomic E-state index is 12.9. The van der Waals surface area contributed by atoms with Crippen molar-refractivity contribution in [3.8, 4) is 5.69 Å². The third-order valence-corrected chi connectivity index (χ3v) is 5.62. The average molecular weight is 469 g/mol. The largest absolute Gasteiger partial charge is 0.367 e. The number of rotatable bonds is 6. The van der Waals surface area contributed by atoms with Gasteiger partial charge in [-0.2, -0.15) is 9.61 Å². The molecule has 6 rings (SSSR count). The number of nitrogens with zero attached hydrogens (tertiary/aromatic N) is 5. The van der Waals surface area contributed by atoms with E-state index in [-0.39, 0.29) is 11.6 Å². The van der Waals surface area contributed by atoms with Gasteiger partial charge in [0.1, 0.15) is 17.3 Å². The van der Waals surface area contributed by atoms with Crippen LogP contribution in [0.25, 0.3) is 17.4 Å². The Morgan fingerprint density at radius 1 is 1.14 bits per heavy atom. The maximum atomic E-state index is 12.9. The van der Waals surface area contributed by atoms with Crippen LogP contribution in [-0.4, -0.2) is 48.0 Å². The van der Waals surface area contributed by atoms with E-state index < -0.39 is 11.9 Å². The first-order chi connectivity index (χ1) is 17.0. The van der Waals surface area contributed by atoms with Gasteiger partial charge in [-0.25, -0.2) is 14.8 Å². The van der Waals surface area contributed by atoms with Crippen molar-refractivity contribution >= 4 is 41.2 Å². The van der Waals surface area contributed by atoms with Gasteiger partial charge >= 0.3 is 6.03 Å². The Morgan fingerprint density at radius 3 is 2.66 bits per heavy atom. The predicted octanol–water partition coefficient (Wildman–Crippen LogP) is 1.92. The zero-order chi connectivity index (χ0) is 23.9. The number of carbonyl (C=O) groups is 3. The number of amides is 4. The lowest BCUT2D eigenvalue weighted by atomic mass is 10.2. The van der Waals surface area contributed by atoms with Crippen LogP contribution in [0.2, 0.25) is 0 Å². The highest BCUT2D eigenvalue weighted by Crippen LogP contribution is 2.27. The lowest BCUT2D eigenvalue weighted by Crippen LogP contribution is -2.22. The number of aromatic nitrogens is 5. The fourth-order valence-electron chi connectivity index (χ4n) is 3.71. The molecule has 1 aromatic carbocycles. The van der Waals surface area contributed by atoms with Gasteiger partial charge in [-0.3, -0.25) is 14.9 Å². The minimum absolute atomic E-state index is 0.0934. The van der Waals surface area contributed by atoms with Crippen LogP contribution in [0.1, 0.15) is 28.8 Å². The second kappa shape index (κ2) is 8.09. The van der Waals surface area contributed by atoms with Gasteiger partial charge in [0, 0.05) is 41.3 Å². The van der Waals surface area contributed by atoms with Gasteiger partial charge in [0.25, 0.3) is 11.8 Å². The van der Waals surface area contributed by atoms with Crippen LogP contribution >= 0.6 is 0 Å². The summed E-state index contributed by atoms with van der Waals surface area (Å²) in [6.07, 6.45) is 10.3. The van der Waals surface area contributed by atoms with Crippen LogP contribution in [0.4, 0.5) is 16.4 Å². The predicted molar refractivity (Wildman–Crippen MR) is 126 cm³/mol. The quantitative estimate of drug-likeness (QED) is 0.249. The fraction of sp³-hybridized carbons (Fsp3) is 0.130. The summed E-state index contributed by atoms with van der Waals surface area (Å²) in [5, 5.41) is 15.2. The molecule has 174 valence electrons. The zero-order valence-electron chi connectivity index (χ0n) is 18.2. The number of imide groups is 1. The standard InChI is InChI=1S/C23H19N9O3/c33-21(13-1-5-16(6-2-13)31-8-7-24-12-31)29-18-10-19(26-15-3-4-15)32-20(28-18)14(11-25-32)9-17-22(34)30-23(35)27-17/h1-2,5-12,15,26H,3-4H2,(H,28,29,33)(H2,27,30,34,35)/b17-9-. The molecule has 0 unspecified atom stereocenters. The number of imidazole rings is 1. The first-order valence-electron chi connectivity index (χ1n) is 10.9. The van der Waals surface area contributed by atoms with Gasteiger partial charge in [0.15, 0.2) is 5.65 Å². The third kappa shape index (κ3) is 4.08. The van der Waals surface area contributed by atoms with Crippen molar-refractivity contribution in [1.82, 2.24) is 34.8 Å². The van der Waals surface area contributed by atoms with Crippen LogP contribution in [0.15, 0.2) is 60.9 Å². The fourth-order valence-corrected chi connectivity index (χ4v) is 3.71. The van der Waals surface area contributed by atoms with Crippen molar-refractivity contribution in [2.75, 3.05) is 10.6 Å². The molecule has 35 heavy (non-hydrogen) atoms. The topological polar surface area (TPSA) is 147 Å². The van der Waals surface area contributed by atoms with Crippen molar-refractivity contribution in [3.05, 3.63) is 72.1 Å². The number of urea groups is 1. The van der Waals surface area contributed by atoms with Crippen LogP contribution < -0.4 is 21.3 Å². The molecule has 12 nitrogen and oxygen atoms in total. The van der Waals surface area contributed by atoms with Crippen molar-refractivity contribution < 1.29 is 14.4 Å². The summed E-state index contributed by atoms with van der Waals surface area (Å²) < 4.78 is 3.45. The van der Waals surface area contributed by atoms with Crippen LogP contribution in [-0.2, 0) is 4.79 Å². The third-order valence-electron chi connectivity index (χ3n) is 5.62. The highest BCUT2D eigenvalue weighted by Gasteiger charge is 2.25. The first-order valence-corrected chi connectivity index (χ1v) is 10.9. The molecule has 4 heterocycles. The monoisotopic (exact) mass is 469 g/mol. The van der Waals surface area contributed by atoms with Crippen molar-refractivity contribution in [2.45, 2.75) is 18.9 Å². The van der Waals surface area contributed by atoms with E-state index in [1.807, 2.05) is 22.9 Å². The molecule has 0 bridgehead atoms. The lowest BCUT2D eigenvalue weighted by Gasteiger charge is -2.11. The Kier molecular flexibility index (Phi) is 4.76. The molecule has 3 aromatic heterocycles. The Balaban J connectivity index is 1.32. The minimum Gasteiger partial charge on any atom is -0.367 e. The molecule has 1 saturated heterocycles. The smallest absolute Gasteiger partial charge is 0.326 e. The molecule has 0 spiro atoms. The Hall–Kier alpha value is -5.00. The molecule has 2 aliphatic rings. The molecular formula is C23H19N9O3.